The normalized spacial score (nSPS) is 15.2. The highest BCUT2D eigenvalue weighted by molar-refractivity contribution is 9.09. The van der Waals surface area contributed by atoms with Crippen LogP contribution in [-0.2, 0) is 43.0 Å². The van der Waals surface area contributed by atoms with E-state index in [0.29, 0.717) is 17.2 Å². The van der Waals surface area contributed by atoms with E-state index in [2.05, 4.69) is 46.7 Å². The van der Waals surface area contributed by atoms with Crippen LogP contribution in [0.25, 0.3) is 0 Å². The third-order valence-corrected chi connectivity index (χ3v) is 8.97. The van der Waals surface area contributed by atoms with Gasteiger partial charge in [-0.25, -0.2) is 0 Å². The summed E-state index contributed by atoms with van der Waals surface area (Å²) in [5.74, 6) is -2.95. The highest BCUT2D eigenvalue weighted by atomic mass is 79.9. The minimum Gasteiger partial charge on any atom is -0.469 e. The number of para-hydroxylation sites is 2. The van der Waals surface area contributed by atoms with Gasteiger partial charge in [-0.15, -0.1) is 0 Å². The van der Waals surface area contributed by atoms with Gasteiger partial charge in [0.2, 0.25) is 17.1 Å². The molecule has 1 N–H and O–H groups in total. The molecule has 1 aliphatic rings. The second-order valence-corrected chi connectivity index (χ2v) is 12.2. The Balaban J connectivity index is 0. The molecule has 0 spiro atoms. The molecule has 11 nitrogen and oxygen atoms in total. The van der Waals surface area contributed by atoms with Gasteiger partial charge < -0.3 is 24.4 Å². The molecule has 286 valence electrons. The van der Waals surface area contributed by atoms with Gasteiger partial charge in [-0.2, -0.15) is 0 Å². The number of alkyl halides is 2. The van der Waals surface area contributed by atoms with Gasteiger partial charge in [-0.1, -0.05) is 103 Å². The van der Waals surface area contributed by atoms with Crippen molar-refractivity contribution in [2.45, 2.75) is 61.3 Å². The number of carbonyl (C=O) groups is 6. The smallest absolute Gasteiger partial charge is 0.311 e. The second-order valence-electron chi connectivity index (χ2n) is 10.5. The molecule has 4 unspecified atom stereocenters. The molecule has 0 bridgehead atoms. The Kier molecular flexibility index (Phi) is 27.7. The standard InChI is InChI=1S/C14H17NO3.C13H16BrNO3.C6H8BrClO3.2C2H6/c1-9-6-4-5-7-12(9)15-8-11(14(17)18-3)10(2)13(15)16;1-9-5-3-4-6-11(9)15-12(16)7-10(8-14)13(17)18-2;1-11-6(10)4(3-7)2-5(8)9;2*1-2/h4-7,10-11H,8H2,1-3H3;3-6,10H,7-8H2,1-2H3,(H,15,16);4H,2-3H2,1H3;2*1-2H3. The van der Waals surface area contributed by atoms with E-state index >= 15 is 0 Å². The molecule has 0 radical (unpaired) electrons. The molecule has 1 aliphatic heterocycles. The van der Waals surface area contributed by atoms with Crippen LogP contribution in [-0.4, -0.2) is 73.5 Å². The number of nitrogens with one attached hydrogen (secondary N) is 1. The number of methoxy groups -OCH3 is 3. The molecular weight excluding hydrogens is 812 g/mol. The van der Waals surface area contributed by atoms with Crippen molar-refractivity contribution in [2.24, 2.45) is 23.7 Å². The maximum absolute atomic E-state index is 12.2. The largest absolute Gasteiger partial charge is 0.469 e. The van der Waals surface area contributed by atoms with Gasteiger partial charge in [0.05, 0.1) is 45.0 Å². The van der Waals surface area contributed by atoms with E-state index in [-0.39, 0.29) is 48.4 Å². The number of benzene rings is 2. The fourth-order valence-electron chi connectivity index (χ4n) is 4.44. The predicted molar refractivity (Wildman–Crippen MR) is 209 cm³/mol. The zero-order valence-corrected chi connectivity index (χ0v) is 35.1. The summed E-state index contributed by atoms with van der Waals surface area (Å²) in [5.41, 5.74) is 3.66. The van der Waals surface area contributed by atoms with Crippen LogP contribution in [0.5, 0.6) is 0 Å². The third-order valence-electron chi connectivity index (χ3n) is 7.25. The number of anilines is 2. The Morgan fingerprint density at radius 3 is 1.71 bits per heavy atom. The Bertz CT molecular complexity index is 1390. The third kappa shape index (κ3) is 17.7. The highest BCUT2D eigenvalue weighted by Gasteiger charge is 2.43. The average Bonchev–Trinajstić information content (AvgIpc) is 3.44. The van der Waals surface area contributed by atoms with Gasteiger partial charge in [0, 0.05) is 41.4 Å². The Morgan fingerprint density at radius 1 is 0.804 bits per heavy atom. The molecule has 1 saturated heterocycles. The molecule has 2 aromatic carbocycles. The van der Waals surface area contributed by atoms with Crippen LogP contribution in [0, 0.1) is 37.5 Å². The number of carbonyl (C=O) groups excluding carboxylic acids is 6. The van der Waals surface area contributed by atoms with Crippen LogP contribution < -0.4 is 10.2 Å². The number of amides is 2. The molecule has 1 heterocycles. The molecule has 1 fully saturated rings. The van der Waals surface area contributed by atoms with Gasteiger partial charge in [-0.05, 0) is 48.7 Å². The van der Waals surface area contributed by atoms with E-state index in [9.17, 15) is 28.8 Å². The molecule has 0 saturated carbocycles. The highest BCUT2D eigenvalue weighted by Crippen LogP contribution is 2.31. The fourth-order valence-corrected chi connectivity index (χ4v) is 5.62. The van der Waals surface area contributed by atoms with Gasteiger partial charge in [-0.3, -0.25) is 28.8 Å². The monoisotopic (exact) mass is 862 g/mol. The van der Waals surface area contributed by atoms with Crippen molar-refractivity contribution in [1.29, 1.82) is 0 Å². The van der Waals surface area contributed by atoms with E-state index in [4.69, 9.17) is 16.3 Å². The number of nitrogens with zero attached hydrogens (tertiary/aromatic N) is 1. The lowest BCUT2D eigenvalue weighted by molar-refractivity contribution is -0.147. The maximum Gasteiger partial charge on any atom is 0.311 e. The maximum atomic E-state index is 12.2. The summed E-state index contributed by atoms with van der Waals surface area (Å²) >= 11 is 11.4. The van der Waals surface area contributed by atoms with Gasteiger partial charge in [0.25, 0.3) is 0 Å². The molecule has 51 heavy (non-hydrogen) atoms. The van der Waals surface area contributed by atoms with Gasteiger partial charge >= 0.3 is 17.9 Å². The minimum absolute atomic E-state index is 0.0134. The number of rotatable bonds is 11. The van der Waals surface area contributed by atoms with E-state index in [0.717, 1.165) is 22.5 Å². The number of hydrogen-bond donors (Lipinski definition) is 1. The molecule has 2 amide bonds. The average molecular weight is 865 g/mol. The SMILES string of the molecule is CC.CC.COC(=O)C(CBr)CC(=O)Cl.COC(=O)C(CBr)CC(=O)Nc1ccccc1C.COC(=O)C1CN(c2ccccc2C)C(=O)C1C. The fraction of sp³-hybridized carbons (Fsp3) is 0.514. The van der Waals surface area contributed by atoms with Crippen LogP contribution in [0.4, 0.5) is 11.4 Å². The Hall–Kier alpha value is -3.29. The van der Waals surface area contributed by atoms with Crippen molar-refractivity contribution in [2.75, 3.05) is 48.8 Å². The molecule has 0 aliphatic carbocycles. The Morgan fingerprint density at radius 2 is 1.27 bits per heavy atom. The van der Waals surface area contributed by atoms with Crippen molar-refractivity contribution in [3.8, 4) is 0 Å². The van der Waals surface area contributed by atoms with Crippen LogP contribution >= 0.6 is 43.5 Å². The first-order chi connectivity index (χ1) is 24.2. The van der Waals surface area contributed by atoms with Gasteiger partial charge in [0.1, 0.15) is 0 Å². The molecule has 14 heteroatoms. The van der Waals surface area contributed by atoms with E-state index in [1.54, 1.807) is 11.8 Å². The quantitative estimate of drug-likeness (QED) is 0.104. The second kappa shape index (κ2) is 28.3. The summed E-state index contributed by atoms with van der Waals surface area (Å²) in [7, 11) is 3.95. The lowest BCUT2D eigenvalue weighted by atomic mass is 9.98. The lowest BCUT2D eigenvalue weighted by Crippen LogP contribution is -2.27. The first kappa shape index (κ1) is 49.8. The van der Waals surface area contributed by atoms with Crippen molar-refractivity contribution in [1.82, 2.24) is 0 Å². The van der Waals surface area contributed by atoms with E-state index in [1.807, 2.05) is 90.1 Å². The molecule has 2 aromatic rings. The first-order valence-corrected chi connectivity index (χ1v) is 19.1. The zero-order valence-electron chi connectivity index (χ0n) is 31.2. The lowest BCUT2D eigenvalue weighted by Gasteiger charge is -2.18. The Labute approximate surface area is 324 Å². The minimum atomic E-state index is -0.528. The molecule has 0 aromatic heterocycles. The zero-order chi connectivity index (χ0) is 39.7. The molecule has 3 rings (SSSR count). The summed E-state index contributed by atoms with van der Waals surface area (Å²) < 4.78 is 13.8. The van der Waals surface area contributed by atoms with Crippen molar-refractivity contribution in [3.05, 3.63) is 59.7 Å². The summed E-state index contributed by atoms with van der Waals surface area (Å²) in [6, 6.07) is 15.2. The molecular formula is C37H53Br2ClN2O9. The van der Waals surface area contributed by atoms with Crippen LogP contribution in [0.1, 0.15) is 58.6 Å². The number of halogens is 3. The van der Waals surface area contributed by atoms with E-state index in [1.165, 1.54) is 21.3 Å². The summed E-state index contributed by atoms with van der Waals surface area (Å²) in [4.78, 5) is 69.9. The first-order valence-electron chi connectivity index (χ1n) is 16.5. The predicted octanol–water partition coefficient (Wildman–Crippen LogP) is 7.65. The number of esters is 3. The van der Waals surface area contributed by atoms with E-state index < -0.39 is 23.0 Å². The summed E-state index contributed by atoms with van der Waals surface area (Å²) in [6.45, 7) is 14.1. The van der Waals surface area contributed by atoms with Crippen molar-refractivity contribution in [3.63, 3.8) is 0 Å². The molecule has 4 atom stereocenters. The summed E-state index contributed by atoms with van der Waals surface area (Å²) in [6.07, 6.45) is 0.117. The van der Waals surface area contributed by atoms with Crippen LogP contribution in [0.2, 0.25) is 0 Å². The summed E-state index contributed by atoms with van der Waals surface area (Å²) in [5, 5.41) is 3.05. The van der Waals surface area contributed by atoms with Crippen molar-refractivity contribution >= 4 is 89.8 Å². The topological polar surface area (TPSA) is 145 Å². The number of aryl methyl sites for hydroxylation is 2. The number of ether oxygens (including phenoxy) is 3. The van der Waals surface area contributed by atoms with Crippen molar-refractivity contribution < 1.29 is 43.0 Å². The van der Waals surface area contributed by atoms with Gasteiger partial charge in [0.15, 0.2) is 0 Å². The van der Waals surface area contributed by atoms with Crippen LogP contribution in [0.3, 0.4) is 0 Å². The number of hydrogen-bond acceptors (Lipinski definition) is 9. The van der Waals surface area contributed by atoms with Crippen LogP contribution in [0.15, 0.2) is 48.5 Å².